The third-order valence-corrected chi connectivity index (χ3v) is 10.7. The molecule has 6 nitrogen and oxygen atoms in total. The minimum absolute atomic E-state index is 0.0968. The fourth-order valence-corrected chi connectivity index (χ4v) is 8.11. The summed E-state index contributed by atoms with van der Waals surface area (Å²) < 4.78 is 25.6. The number of aromatic nitrogens is 1. The van der Waals surface area contributed by atoms with Gasteiger partial charge in [-0.15, -0.1) is 0 Å². The molecule has 2 bridgehead atoms. The van der Waals surface area contributed by atoms with E-state index in [4.69, 9.17) is 4.98 Å². The van der Waals surface area contributed by atoms with Crippen LogP contribution in [0.1, 0.15) is 78.5 Å². The molecular weight excluding hydrogens is 482 g/mol. The molecular formula is C30H33N3O3S. The predicted octanol–water partition coefficient (Wildman–Crippen LogP) is 4.91. The average Bonchev–Trinajstić information content (AvgIpc) is 3.84. The highest BCUT2D eigenvalue weighted by Crippen LogP contribution is 2.42. The van der Waals surface area contributed by atoms with Gasteiger partial charge in [0.1, 0.15) is 0 Å². The molecule has 2 aromatic carbocycles. The highest BCUT2D eigenvalue weighted by Gasteiger charge is 2.44. The molecule has 2 heterocycles. The molecule has 3 aliphatic carbocycles. The number of hydrogen-bond acceptors (Lipinski definition) is 5. The van der Waals surface area contributed by atoms with E-state index in [0.717, 1.165) is 60.7 Å². The van der Waals surface area contributed by atoms with Gasteiger partial charge in [0.05, 0.1) is 27.8 Å². The monoisotopic (exact) mass is 515 g/mol. The number of nitrogens with one attached hydrogen (secondary N) is 2. The summed E-state index contributed by atoms with van der Waals surface area (Å²) in [5.41, 5.74) is 3.48. The fraction of sp³-hybridized carbons (Fsp3) is 0.467. The van der Waals surface area contributed by atoms with Crippen LogP contribution >= 0.6 is 0 Å². The van der Waals surface area contributed by atoms with Gasteiger partial charge in [0.2, 0.25) is 0 Å². The van der Waals surface area contributed by atoms with Crippen molar-refractivity contribution in [3.63, 3.8) is 0 Å². The van der Waals surface area contributed by atoms with Crippen LogP contribution in [0.5, 0.6) is 0 Å². The van der Waals surface area contributed by atoms with E-state index in [-0.39, 0.29) is 23.7 Å². The smallest absolute Gasteiger partial charge is 0.252 e. The third kappa shape index (κ3) is 4.57. The number of sulfone groups is 1. The zero-order valence-electron chi connectivity index (χ0n) is 20.9. The first-order chi connectivity index (χ1) is 17.9. The van der Waals surface area contributed by atoms with Gasteiger partial charge in [-0.1, -0.05) is 30.3 Å². The lowest BCUT2D eigenvalue weighted by Crippen LogP contribution is -2.47. The maximum atomic E-state index is 13.9. The van der Waals surface area contributed by atoms with E-state index in [0.29, 0.717) is 34.3 Å². The van der Waals surface area contributed by atoms with Crippen LogP contribution in [0.25, 0.3) is 10.9 Å². The second-order valence-corrected chi connectivity index (χ2v) is 13.6. The number of pyridine rings is 1. The molecule has 1 amide bonds. The highest BCUT2D eigenvalue weighted by atomic mass is 32.2. The summed E-state index contributed by atoms with van der Waals surface area (Å²) in [4.78, 5) is 19.1. The molecule has 0 radical (unpaired) electrons. The maximum Gasteiger partial charge on any atom is 0.252 e. The van der Waals surface area contributed by atoms with Crippen molar-refractivity contribution in [3.8, 4) is 0 Å². The lowest BCUT2D eigenvalue weighted by atomic mass is 9.88. The zero-order chi connectivity index (χ0) is 25.1. The number of carbonyl (C=O) groups excluding carboxylic acids is 1. The molecule has 7 heteroatoms. The average molecular weight is 516 g/mol. The Labute approximate surface area is 218 Å². The number of piperidine rings is 1. The van der Waals surface area contributed by atoms with Crippen LogP contribution in [0.4, 0.5) is 0 Å². The second-order valence-electron chi connectivity index (χ2n) is 11.6. The normalized spacial score (nSPS) is 25.9. The topological polar surface area (TPSA) is 88.2 Å². The van der Waals surface area contributed by atoms with Crippen LogP contribution < -0.4 is 10.6 Å². The Bertz CT molecular complexity index is 1460. The van der Waals surface area contributed by atoms with Crippen LogP contribution in [0.2, 0.25) is 0 Å². The molecule has 1 saturated heterocycles. The van der Waals surface area contributed by atoms with Crippen LogP contribution in [-0.2, 0) is 9.84 Å². The number of amides is 1. The van der Waals surface area contributed by atoms with Crippen molar-refractivity contribution < 1.29 is 13.2 Å². The van der Waals surface area contributed by atoms with Crippen molar-refractivity contribution >= 4 is 26.6 Å². The van der Waals surface area contributed by atoms with E-state index < -0.39 is 9.84 Å². The van der Waals surface area contributed by atoms with Gasteiger partial charge < -0.3 is 10.6 Å². The van der Waals surface area contributed by atoms with Gasteiger partial charge in [0.15, 0.2) is 9.84 Å². The fourth-order valence-electron chi connectivity index (χ4n) is 6.42. The molecule has 1 aliphatic heterocycles. The summed E-state index contributed by atoms with van der Waals surface area (Å²) in [5, 5.41) is 8.00. The van der Waals surface area contributed by atoms with E-state index in [1.807, 2.05) is 42.5 Å². The Kier molecular flexibility index (Phi) is 5.63. The van der Waals surface area contributed by atoms with Crippen LogP contribution in [0.3, 0.4) is 0 Å². The summed E-state index contributed by atoms with van der Waals surface area (Å²) in [6.07, 6.45) is 7.74. The van der Waals surface area contributed by atoms with Gasteiger partial charge in [0, 0.05) is 29.1 Å². The Morgan fingerprint density at radius 2 is 1.78 bits per heavy atom. The minimum Gasteiger partial charge on any atom is -0.344 e. The van der Waals surface area contributed by atoms with Crippen molar-refractivity contribution in [1.29, 1.82) is 0 Å². The van der Waals surface area contributed by atoms with E-state index in [2.05, 4.69) is 10.6 Å². The highest BCUT2D eigenvalue weighted by molar-refractivity contribution is 7.91. The van der Waals surface area contributed by atoms with Crippen molar-refractivity contribution in [3.05, 3.63) is 71.4 Å². The van der Waals surface area contributed by atoms with Crippen molar-refractivity contribution in [2.24, 2.45) is 11.8 Å². The second kappa shape index (κ2) is 8.91. The van der Waals surface area contributed by atoms with Crippen LogP contribution in [0, 0.1) is 11.8 Å². The standard InChI is InChI=1S/C30H33N3O3S/c34-30(25-16-27(19-7-8-19)32-26-4-2-1-3-24(25)26)33-28(29-21-9-12-22(15-21)31-29)20-10-13-23(14-11-20)37(35,36)17-18-5-6-18/h1-4,10-11,13-14,16,18-19,21-22,28-29,31H,5-9,12,15,17H2,(H,33,34)/t21-,22+,28?,29?/m0/s1. The summed E-state index contributed by atoms with van der Waals surface area (Å²) in [6, 6.07) is 17.5. The molecule has 4 aliphatic rings. The van der Waals surface area contributed by atoms with E-state index >= 15 is 0 Å². The summed E-state index contributed by atoms with van der Waals surface area (Å²) in [5.74, 6) is 1.40. The molecule has 1 aromatic heterocycles. The SMILES string of the molecule is O=C(NC(c1ccc(S(=O)(=O)CC2CC2)cc1)C1N[C@@H]2CC[C@H]1C2)c1cc(C2CC2)nc2ccccc12. The van der Waals surface area contributed by atoms with Crippen LogP contribution in [0.15, 0.2) is 59.5 Å². The largest absolute Gasteiger partial charge is 0.344 e. The van der Waals surface area contributed by atoms with E-state index in [9.17, 15) is 13.2 Å². The Balaban J connectivity index is 1.22. The Hall–Kier alpha value is -2.77. The maximum absolute atomic E-state index is 13.9. The molecule has 37 heavy (non-hydrogen) atoms. The van der Waals surface area contributed by atoms with Gasteiger partial charge in [-0.3, -0.25) is 9.78 Å². The molecule has 4 atom stereocenters. The van der Waals surface area contributed by atoms with Crippen molar-refractivity contribution in [2.75, 3.05) is 5.75 Å². The van der Waals surface area contributed by atoms with E-state index in [1.165, 1.54) is 6.42 Å². The van der Waals surface area contributed by atoms with Gasteiger partial charge in [-0.2, -0.15) is 0 Å². The lowest BCUT2D eigenvalue weighted by molar-refractivity contribution is 0.0922. The predicted molar refractivity (Wildman–Crippen MR) is 143 cm³/mol. The number of carbonyl (C=O) groups is 1. The first kappa shape index (κ1) is 23.4. The molecule has 2 unspecified atom stereocenters. The van der Waals surface area contributed by atoms with Gasteiger partial charge in [-0.05, 0) is 86.6 Å². The van der Waals surface area contributed by atoms with E-state index in [1.54, 1.807) is 12.1 Å². The Morgan fingerprint density at radius 1 is 1.00 bits per heavy atom. The third-order valence-electron chi connectivity index (χ3n) is 8.78. The molecule has 7 rings (SSSR count). The van der Waals surface area contributed by atoms with Gasteiger partial charge in [0.25, 0.3) is 5.91 Å². The Morgan fingerprint density at radius 3 is 2.46 bits per heavy atom. The molecule has 3 aromatic rings. The van der Waals surface area contributed by atoms with Gasteiger partial charge in [-0.25, -0.2) is 8.42 Å². The number of benzene rings is 2. The first-order valence-corrected chi connectivity index (χ1v) is 15.4. The summed E-state index contributed by atoms with van der Waals surface area (Å²) in [7, 11) is -3.27. The lowest BCUT2D eigenvalue weighted by Gasteiger charge is -2.32. The number of rotatable bonds is 8. The van der Waals surface area contributed by atoms with Crippen molar-refractivity contribution in [1.82, 2.24) is 15.6 Å². The molecule has 0 spiro atoms. The molecule has 192 valence electrons. The summed E-state index contributed by atoms with van der Waals surface area (Å²) >= 11 is 0. The zero-order valence-corrected chi connectivity index (χ0v) is 21.7. The molecule has 4 fully saturated rings. The number of fused-ring (bicyclic) bond motifs is 3. The quantitative estimate of drug-likeness (QED) is 0.445. The number of para-hydroxylation sites is 1. The minimum atomic E-state index is -3.27. The summed E-state index contributed by atoms with van der Waals surface area (Å²) in [6.45, 7) is 0. The number of hydrogen-bond donors (Lipinski definition) is 2. The van der Waals surface area contributed by atoms with Gasteiger partial charge >= 0.3 is 0 Å². The first-order valence-electron chi connectivity index (χ1n) is 13.7. The molecule has 2 N–H and O–H groups in total. The van der Waals surface area contributed by atoms with Crippen molar-refractivity contribution in [2.45, 2.75) is 73.9 Å². The number of nitrogens with zero attached hydrogens (tertiary/aromatic N) is 1. The molecule has 3 saturated carbocycles. The van der Waals surface area contributed by atoms with Crippen LogP contribution in [-0.4, -0.2) is 37.1 Å².